The van der Waals surface area contributed by atoms with Gasteiger partial charge in [-0.1, -0.05) is 54.0 Å². The van der Waals surface area contributed by atoms with Crippen molar-refractivity contribution in [2.75, 3.05) is 0 Å². The molecule has 0 aliphatic carbocycles. The van der Waals surface area contributed by atoms with Gasteiger partial charge >= 0.3 is 5.91 Å². The predicted molar refractivity (Wildman–Crippen MR) is 107 cm³/mol. The monoisotopic (exact) mass is 462 g/mol. The normalized spacial score (nSPS) is 11.6. The zero-order chi connectivity index (χ0) is 18.0. The molecule has 0 atom stereocenters. The minimum atomic E-state index is -0.394. The molecule has 0 radical (unpaired) electrons. The number of fused-ring (bicyclic) bond motifs is 1. The summed E-state index contributed by atoms with van der Waals surface area (Å²) < 4.78 is 7.29. The van der Waals surface area contributed by atoms with Gasteiger partial charge in [0.1, 0.15) is 5.58 Å². The first-order valence-electron chi connectivity index (χ1n) is 7.76. The summed E-state index contributed by atoms with van der Waals surface area (Å²) in [6.07, 6.45) is 1.61. The lowest BCUT2D eigenvalue weighted by atomic mass is 10.0. The van der Waals surface area contributed by atoms with Gasteiger partial charge in [0.2, 0.25) is 0 Å². The molecular formula is C19H16Br2N2O2. The molecule has 0 spiro atoms. The molecule has 0 saturated heterocycles. The van der Waals surface area contributed by atoms with E-state index < -0.39 is 5.91 Å². The lowest BCUT2D eigenvalue weighted by molar-refractivity contribution is 0.0929. The lowest BCUT2D eigenvalue weighted by Crippen LogP contribution is -2.16. The van der Waals surface area contributed by atoms with E-state index in [4.69, 9.17) is 4.42 Å². The summed E-state index contributed by atoms with van der Waals surface area (Å²) in [6.45, 7) is 4.29. The van der Waals surface area contributed by atoms with Gasteiger partial charge in [-0.05, 0) is 51.2 Å². The maximum absolute atomic E-state index is 12.2. The zero-order valence-corrected chi connectivity index (χ0v) is 16.9. The quantitative estimate of drug-likeness (QED) is 0.390. The van der Waals surface area contributed by atoms with Crippen LogP contribution in [0.3, 0.4) is 0 Å². The molecule has 1 aromatic heterocycles. The fraction of sp³-hybridized carbons (Fsp3) is 0.158. The van der Waals surface area contributed by atoms with Crippen molar-refractivity contribution in [3.05, 3.63) is 68.3 Å². The zero-order valence-electron chi connectivity index (χ0n) is 13.7. The van der Waals surface area contributed by atoms with E-state index in [0.29, 0.717) is 11.5 Å². The lowest BCUT2D eigenvalue weighted by Gasteiger charge is -2.04. The van der Waals surface area contributed by atoms with Gasteiger partial charge in [0, 0.05) is 9.86 Å². The molecule has 4 nitrogen and oxygen atoms in total. The Hall–Kier alpha value is -1.92. The Morgan fingerprint density at radius 2 is 1.88 bits per heavy atom. The number of nitrogens with zero attached hydrogens (tertiary/aromatic N) is 1. The number of benzene rings is 2. The summed E-state index contributed by atoms with van der Waals surface area (Å²) >= 11 is 6.84. The number of rotatable bonds is 4. The number of nitrogens with one attached hydrogen (secondary N) is 1. The first kappa shape index (κ1) is 17.9. The Balaban J connectivity index is 1.71. The fourth-order valence-electron chi connectivity index (χ4n) is 2.38. The third-order valence-corrected chi connectivity index (χ3v) is 4.79. The third kappa shape index (κ3) is 4.19. The summed E-state index contributed by atoms with van der Waals surface area (Å²) in [6, 6.07) is 13.5. The average Bonchev–Trinajstić information content (AvgIpc) is 2.99. The molecule has 0 unspecified atom stereocenters. The van der Waals surface area contributed by atoms with Crippen LogP contribution in [0.1, 0.15) is 41.4 Å². The fourth-order valence-corrected chi connectivity index (χ4v) is 3.71. The number of hydrogen-bond acceptors (Lipinski definition) is 3. The van der Waals surface area contributed by atoms with E-state index in [1.54, 1.807) is 12.3 Å². The van der Waals surface area contributed by atoms with Gasteiger partial charge in [-0.15, -0.1) is 0 Å². The highest BCUT2D eigenvalue weighted by atomic mass is 79.9. The number of hydrazone groups is 1. The molecule has 1 amide bonds. The number of hydrogen-bond donors (Lipinski definition) is 1. The van der Waals surface area contributed by atoms with Crippen molar-refractivity contribution in [1.82, 2.24) is 5.43 Å². The molecule has 1 N–H and O–H groups in total. The molecule has 0 aliphatic heterocycles. The molecule has 1 heterocycles. The Labute approximate surface area is 162 Å². The molecule has 2 aromatic carbocycles. The van der Waals surface area contributed by atoms with E-state index in [-0.39, 0.29) is 5.76 Å². The van der Waals surface area contributed by atoms with Crippen LogP contribution in [0.2, 0.25) is 0 Å². The maximum atomic E-state index is 12.2. The van der Waals surface area contributed by atoms with Gasteiger partial charge in [0.05, 0.1) is 10.7 Å². The van der Waals surface area contributed by atoms with Gasteiger partial charge in [-0.25, -0.2) is 5.43 Å². The minimum absolute atomic E-state index is 0.209. The smallest absolute Gasteiger partial charge is 0.307 e. The molecule has 0 bridgehead atoms. The summed E-state index contributed by atoms with van der Waals surface area (Å²) in [5.41, 5.74) is 5.30. The standard InChI is InChI=1S/C19H16Br2N2O2/c1-11(2)13-5-3-12(4-6-13)10-22-23-19(24)17-8-14-7-15(20)9-16(21)18(14)25-17/h3-11H,1-2H3,(H,23,24)/b22-10-. The van der Waals surface area contributed by atoms with E-state index in [1.807, 2.05) is 24.3 Å². The van der Waals surface area contributed by atoms with Crippen molar-refractivity contribution in [3.63, 3.8) is 0 Å². The van der Waals surface area contributed by atoms with Crippen LogP contribution in [-0.4, -0.2) is 12.1 Å². The van der Waals surface area contributed by atoms with Crippen LogP contribution in [0.4, 0.5) is 0 Å². The van der Waals surface area contributed by atoms with Gasteiger partial charge < -0.3 is 4.42 Å². The Kier molecular flexibility index (Phi) is 5.39. The Morgan fingerprint density at radius 3 is 2.56 bits per heavy atom. The first-order valence-corrected chi connectivity index (χ1v) is 9.34. The van der Waals surface area contributed by atoms with Gasteiger partial charge in [-0.3, -0.25) is 4.79 Å². The molecule has 3 rings (SSSR count). The topological polar surface area (TPSA) is 54.6 Å². The van der Waals surface area contributed by atoms with Gasteiger partial charge in [0.25, 0.3) is 0 Å². The van der Waals surface area contributed by atoms with Crippen molar-refractivity contribution in [2.24, 2.45) is 5.10 Å². The van der Waals surface area contributed by atoms with Gasteiger partial charge in [0.15, 0.2) is 5.76 Å². The van der Waals surface area contributed by atoms with Crippen LogP contribution in [0, 0.1) is 0 Å². The van der Waals surface area contributed by atoms with E-state index in [2.05, 4.69) is 68.4 Å². The van der Waals surface area contributed by atoms with Crippen molar-refractivity contribution >= 4 is 55.0 Å². The molecule has 0 saturated carbocycles. The highest BCUT2D eigenvalue weighted by molar-refractivity contribution is 9.11. The molecule has 128 valence electrons. The average molecular weight is 464 g/mol. The number of carbonyl (C=O) groups is 1. The van der Waals surface area contributed by atoms with Crippen molar-refractivity contribution in [2.45, 2.75) is 19.8 Å². The van der Waals surface area contributed by atoms with Crippen LogP contribution in [0.25, 0.3) is 11.0 Å². The summed E-state index contributed by atoms with van der Waals surface area (Å²) in [5.74, 6) is 0.300. The Bertz CT molecular complexity index is 944. The van der Waals surface area contributed by atoms with Crippen molar-refractivity contribution in [3.8, 4) is 0 Å². The highest BCUT2D eigenvalue weighted by Crippen LogP contribution is 2.30. The predicted octanol–water partition coefficient (Wildman–Crippen LogP) is 5.85. The largest absolute Gasteiger partial charge is 0.450 e. The van der Waals surface area contributed by atoms with Crippen LogP contribution in [-0.2, 0) is 0 Å². The van der Waals surface area contributed by atoms with Crippen molar-refractivity contribution in [1.29, 1.82) is 0 Å². The van der Waals surface area contributed by atoms with E-state index in [9.17, 15) is 4.79 Å². The second kappa shape index (κ2) is 7.54. The third-order valence-electron chi connectivity index (χ3n) is 3.74. The molecule has 0 fully saturated rings. The molecule has 25 heavy (non-hydrogen) atoms. The first-order chi connectivity index (χ1) is 11.9. The van der Waals surface area contributed by atoms with Crippen molar-refractivity contribution < 1.29 is 9.21 Å². The van der Waals surface area contributed by atoms with E-state index >= 15 is 0 Å². The minimum Gasteiger partial charge on any atom is -0.450 e. The van der Waals surface area contributed by atoms with E-state index in [1.165, 1.54) is 5.56 Å². The number of amides is 1. The molecular weight excluding hydrogens is 448 g/mol. The SMILES string of the molecule is CC(C)c1ccc(/C=N\NC(=O)c2cc3cc(Br)cc(Br)c3o2)cc1. The second-order valence-electron chi connectivity index (χ2n) is 5.94. The van der Waals surface area contributed by atoms with Crippen LogP contribution < -0.4 is 5.43 Å². The number of halogens is 2. The van der Waals surface area contributed by atoms with E-state index in [0.717, 1.165) is 19.9 Å². The Morgan fingerprint density at radius 1 is 1.16 bits per heavy atom. The molecule has 0 aliphatic rings. The molecule has 3 aromatic rings. The summed E-state index contributed by atoms with van der Waals surface area (Å²) in [7, 11) is 0. The second-order valence-corrected chi connectivity index (χ2v) is 7.71. The molecule has 6 heteroatoms. The summed E-state index contributed by atoms with van der Waals surface area (Å²) in [4.78, 5) is 12.2. The van der Waals surface area contributed by atoms with Crippen LogP contribution in [0.5, 0.6) is 0 Å². The number of carbonyl (C=O) groups excluding carboxylic acids is 1. The van der Waals surface area contributed by atoms with Crippen LogP contribution >= 0.6 is 31.9 Å². The van der Waals surface area contributed by atoms with Gasteiger partial charge in [-0.2, -0.15) is 5.10 Å². The summed E-state index contributed by atoms with van der Waals surface area (Å²) in [5, 5.41) is 4.83. The van der Waals surface area contributed by atoms with Crippen LogP contribution in [0.15, 0.2) is 60.9 Å². The number of furan rings is 1. The highest BCUT2D eigenvalue weighted by Gasteiger charge is 2.14. The maximum Gasteiger partial charge on any atom is 0.307 e.